The number of nitro benzene ring substituents is 1. The minimum absolute atomic E-state index is 0.0329. The molecule has 164 valence electrons. The zero-order valence-electron chi connectivity index (χ0n) is 16.8. The van der Waals surface area contributed by atoms with Crippen molar-refractivity contribution in [1.82, 2.24) is 0 Å². The van der Waals surface area contributed by atoms with Crippen LogP contribution in [0.2, 0.25) is 0 Å². The minimum atomic E-state index is -1.16. The highest BCUT2D eigenvalue weighted by molar-refractivity contribution is 5.92. The average molecular weight is 429 g/mol. The van der Waals surface area contributed by atoms with E-state index in [1.807, 2.05) is 0 Å². The summed E-state index contributed by atoms with van der Waals surface area (Å²) in [6.45, 7) is 0. The summed E-state index contributed by atoms with van der Waals surface area (Å²) in [5.41, 5.74) is 5.29. The number of primary amides is 1. The molecule has 0 aliphatic heterocycles. The first-order valence-corrected chi connectivity index (χ1v) is 9.67. The Morgan fingerprint density at radius 2 is 1.52 bits per heavy atom. The number of nitrogens with two attached hydrogens (primary N) is 1. The van der Waals surface area contributed by atoms with Crippen LogP contribution in [0.25, 0.3) is 0 Å². The number of non-ortho nitro benzene ring substituents is 1. The van der Waals surface area contributed by atoms with Gasteiger partial charge in [-0.15, -0.1) is 5.06 Å². The molecule has 2 amide bonds. The lowest BCUT2D eigenvalue weighted by molar-refractivity contribution is -0.384. The molecule has 10 heteroatoms. The van der Waals surface area contributed by atoms with Gasteiger partial charge >= 0.3 is 6.16 Å². The molecule has 0 aromatic heterocycles. The van der Waals surface area contributed by atoms with Crippen LogP contribution in [-0.2, 0) is 14.4 Å². The van der Waals surface area contributed by atoms with Gasteiger partial charge in [0.15, 0.2) is 0 Å². The van der Waals surface area contributed by atoms with Crippen molar-refractivity contribution in [2.75, 3.05) is 5.06 Å². The van der Waals surface area contributed by atoms with Crippen molar-refractivity contribution in [3.05, 3.63) is 64.7 Å². The SMILES string of the molecule is NC(=O)CCCCCCC(=O)N(OC(=O)Oc1ccc([N+](=O)[O-])cc1)c1ccccc1. The molecule has 0 aliphatic rings. The first-order chi connectivity index (χ1) is 14.9. The van der Waals surface area contributed by atoms with E-state index in [0.29, 0.717) is 24.9 Å². The highest BCUT2D eigenvalue weighted by Gasteiger charge is 2.22. The van der Waals surface area contributed by atoms with Gasteiger partial charge in [0.2, 0.25) is 5.91 Å². The Morgan fingerprint density at radius 1 is 0.903 bits per heavy atom. The Kier molecular flexibility index (Phi) is 8.96. The molecule has 2 rings (SSSR count). The molecule has 0 unspecified atom stereocenters. The zero-order chi connectivity index (χ0) is 22.6. The Balaban J connectivity index is 1.94. The number of rotatable bonds is 10. The summed E-state index contributed by atoms with van der Waals surface area (Å²) >= 11 is 0. The second-order valence-corrected chi connectivity index (χ2v) is 6.60. The van der Waals surface area contributed by atoms with Gasteiger partial charge in [-0.05, 0) is 37.1 Å². The number of unbranched alkanes of at least 4 members (excludes halogenated alkanes) is 3. The van der Waals surface area contributed by atoms with Crippen LogP contribution in [0.3, 0.4) is 0 Å². The quantitative estimate of drug-likeness (QED) is 0.198. The van der Waals surface area contributed by atoms with Crippen molar-refractivity contribution in [3.63, 3.8) is 0 Å². The number of carbonyl (C=O) groups is 3. The van der Waals surface area contributed by atoms with Crippen LogP contribution in [-0.4, -0.2) is 22.9 Å². The molecule has 31 heavy (non-hydrogen) atoms. The monoisotopic (exact) mass is 429 g/mol. The Hall–Kier alpha value is -3.95. The predicted molar refractivity (Wildman–Crippen MR) is 111 cm³/mol. The molecule has 0 radical (unpaired) electrons. The van der Waals surface area contributed by atoms with Crippen LogP contribution in [0, 0.1) is 10.1 Å². The molecule has 0 heterocycles. The van der Waals surface area contributed by atoms with Gasteiger partial charge in [-0.25, -0.2) is 4.79 Å². The van der Waals surface area contributed by atoms with Crippen LogP contribution in [0.1, 0.15) is 38.5 Å². The molecule has 0 saturated heterocycles. The largest absolute Gasteiger partial charge is 0.539 e. The molecule has 2 N–H and O–H groups in total. The number of anilines is 1. The Bertz CT molecular complexity index is 901. The van der Waals surface area contributed by atoms with E-state index in [2.05, 4.69) is 0 Å². The number of hydrogen-bond acceptors (Lipinski definition) is 7. The summed E-state index contributed by atoms with van der Waals surface area (Å²) in [7, 11) is 0. The fourth-order valence-electron chi connectivity index (χ4n) is 2.67. The van der Waals surface area contributed by atoms with E-state index in [0.717, 1.165) is 17.9 Å². The van der Waals surface area contributed by atoms with E-state index < -0.39 is 17.0 Å². The maximum atomic E-state index is 12.6. The average Bonchev–Trinajstić information content (AvgIpc) is 2.75. The molecule has 0 bridgehead atoms. The first-order valence-electron chi connectivity index (χ1n) is 9.67. The number of nitro groups is 1. The van der Waals surface area contributed by atoms with Crippen LogP contribution < -0.4 is 15.5 Å². The molecular formula is C21H23N3O7. The predicted octanol–water partition coefficient (Wildman–Crippen LogP) is 3.88. The highest BCUT2D eigenvalue weighted by atomic mass is 16.8. The maximum Gasteiger partial charge on any atom is 0.539 e. The number of carbonyl (C=O) groups excluding carboxylic acids is 3. The van der Waals surface area contributed by atoms with E-state index in [1.165, 1.54) is 24.3 Å². The van der Waals surface area contributed by atoms with Gasteiger partial charge in [0.25, 0.3) is 11.6 Å². The van der Waals surface area contributed by atoms with E-state index in [4.69, 9.17) is 15.3 Å². The van der Waals surface area contributed by atoms with Gasteiger partial charge in [0, 0.05) is 25.0 Å². The van der Waals surface area contributed by atoms with E-state index >= 15 is 0 Å². The summed E-state index contributed by atoms with van der Waals surface area (Å²) in [5, 5.41) is 11.6. The van der Waals surface area contributed by atoms with Crippen LogP contribution in [0.4, 0.5) is 16.2 Å². The number of ether oxygens (including phenoxy) is 1. The molecule has 2 aromatic carbocycles. The summed E-state index contributed by atoms with van der Waals surface area (Å²) in [6, 6.07) is 13.2. The van der Waals surface area contributed by atoms with Gasteiger partial charge in [-0.3, -0.25) is 24.5 Å². The lowest BCUT2D eigenvalue weighted by Gasteiger charge is -2.20. The fourth-order valence-corrected chi connectivity index (χ4v) is 2.67. The van der Waals surface area contributed by atoms with Crippen molar-refractivity contribution >= 4 is 29.3 Å². The topological polar surface area (TPSA) is 142 Å². The highest BCUT2D eigenvalue weighted by Crippen LogP contribution is 2.20. The Labute approximate surface area is 178 Å². The second-order valence-electron chi connectivity index (χ2n) is 6.60. The van der Waals surface area contributed by atoms with E-state index in [-0.39, 0.29) is 23.8 Å². The lowest BCUT2D eigenvalue weighted by Crippen LogP contribution is -2.34. The van der Waals surface area contributed by atoms with Gasteiger partial charge in [0.1, 0.15) is 5.75 Å². The molecule has 10 nitrogen and oxygen atoms in total. The normalized spacial score (nSPS) is 10.2. The van der Waals surface area contributed by atoms with Crippen LogP contribution >= 0.6 is 0 Å². The smallest absolute Gasteiger partial charge is 0.393 e. The van der Waals surface area contributed by atoms with E-state index in [1.54, 1.807) is 30.3 Å². The van der Waals surface area contributed by atoms with Gasteiger partial charge < -0.3 is 10.5 Å². The summed E-state index contributed by atoms with van der Waals surface area (Å²) in [4.78, 5) is 50.8. The van der Waals surface area contributed by atoms with Crippen LogP contribution in [0.15, 0.2) is 54.6 Å². The van der Waals surface area contributed by atoms with Crippen molar-refractivity contribution in [3.8, 4) is 5.75 Å². The molecule has 0 atom stereocenters. The van der Waals surface area contributed by atoms with E-state index in [9.17, 15) is 24.5 Å². The molecule has 0 aliphatic carbocycles. The van der Waals surface area contributed by atoms with Gasteiger partial charge in [-0.1, -0.05) is 31.0 Å². The zero-order valence-corrected chi connectivity index (χ0v) is 16.8. The minimum Gasteiger partial charge on any atom is -0.393 e. The molecule has 0 saturated carbocycles. The number of amides is 2. The number of benzene rings is 2. The fraction of sp³-hybridized carbons (Fsp3) is 0.286. The second kappa shape index (κ2) is 11.9. The van der Waals surface area contributed by atoms with Crippen molar-refractivity contribution in [2.24, 2.45) is 5.73 Å². The van der Waals surface area contributed by atoms with Gasteiger partial charge in [0.05, 0.1) is 10.6 Å². The number of para-hydroxylation sites is 1. The third-order valence-corrected chi connectivity index (χ3v) is 4.20. The van der Waals surface area contributed by atoms with Crippen molar-refractivity contribution in [2.45, 2.75) is 38.5 Å². The first kappa shape index (κ1) is 23.3. The Morgan fingerprint density at radius 3 is 2.10 bits per heavy atom. The number of hydroxylamine groups is 1. The third kappa shape index (κ3) is 8.13. The van der Waals surface area contributed by atoms with Crippen LogP contribution in [0.5, 0.6) is 5.75 Å². The number of hydrogen-bond donors (Lipinski definition) is 1. The maximum absolute atomic E-state index is 12.6. The summed E-state index contributed by atoms with van der Waals surface area (Å²) in [5.74, 6) is -0.765. The van der Waals surface area contributed by atoms with Gasteiger partial charge in [-0.2, -0.15) is 0 Å². The standard InChI is InChI=1S/C21H23N3O7/c22-19(25)10-6-1-2-7-11-20(26)23(16-8-4-3-5-9-16)31-21(27)30-18-14-12-17(13-15-18)24(28)29/h3-5,8-9,12-15H,1-2,6-7,10-11H2,(H2,22,25). The lowest BCUT2D eigenvalue weighted by atomic mass is 10.1. The molecule has 2 aromatic rings. The number of nitrogens with zero attached hydrogens (tertiary/aromatic N) is 2. The third-order valence-electron chi connectivity index (χ3n) is 4.20. The van der Waals surface area contributed by atoms with Crippen molar-refractivity contribution in [1.29, 1.82) is 0 Å². The summed E-state index contributed by atoms with van der Waals surface area (Å²) < 4.78 is 5.01. The molecule has 0 fully saturated rings. The molecular weight excluding hydrogens is 406 g/mol. The molecule has 0 spiro atoms. The summed E-state index contributed by atoms with van der Waals surface area (Å²) in [6.07, 6.45) is 1.94. The van der Waals surface area contributed by atoms with Crippen molar-refractivity contribution < 1.29 is 28.9 Å².